The fourth-order valence-corrected chi connectivity index (χ4v) is 3.40. The van der Waals surface area contributed by atoms with Crippen LogP contribution in [0.4, 0.5) is 0 Å². The third-order valence-corrected chi connectivity index (χ3v) is 4.63. The topological polar surface area (TPSA) is 34.0 Å². The summed E-state index contributed by atoms with van der Waals surface area (Å²) in [4.78, 5) is 11.9. The summed E-state index contributed by atoms with van der Waals surface area (Å²) >= 11 is 3.47. The average molecular weight is 337 g/mol. The van der Waals surface area contributed by atoms with E-state index in [0.717, 1.165) is 41.7 Å². The minimum atomic E-state index is 0.665. The van der Waals surface area contributed by atoms with Crippen molar-refractivity contribution in [2.45, 2.75) is 45.7 Å². The lowest BCUT2D eigenvalue weighted by Gasteiger charge is -2.26. The van der Waals surface area contributed by atoms with E-state index in [1.54, 1.807) is 0 Å². The molecule has 0 fully saturated rings. The Bertz CT molecular complexity index is 607. The molecule has 1 unspecified atom stereocenters. The maximum Gasteiger partial charge on any atom is 0.160 e. The number of imidazole rings is 1. The molecule has 3 heterocycles. The predicted molar refractivity (Wildman–Crippen MR) is 84.9 cm³/mol. The minimum Gasteiger partial charge on any atom is -0.311 e. The Morgan fingerprint density at radius 2 is 2.20 bits per heavy atom. The zero-order chi connectivity index (χ0) is 14.1. The zero-order valence-electron chi connectivity index (χ0n) is 12.1. The lowest BCUT2D eigenvalue weighted by atomic mass is 10.1. The summed E-state index contributed by atoms with van der Waals surface area (Å²) in [6.07, 6.45) is 5.40. The highest BCUT2D eigenvalue weighted by Crippen LogP contribution is 2.21. The van der Waals surface area contributed by atoms with Gasteiger partial charge in [0.2, 0.25) is 0 Å². The molecule has 20 heavy (non-hydrogen) atoms. The Labute approximate surface area is 128 Å². The standard InChI is InChI=1S/C15H21BrN4/c1-3-4-11(2)19-6-5-14-18-13-9-12(16)10-17-15(13)20(14)8-7-19/h9-11H,3-8H2,1-2H3. The van der Waals surface area contributed by atoms with Crippen LogP contribution in [0.25, 0.3) is 11.2 Å². The highest BCUT2D eigenvalue weighted by atomic mass is 79.9. The summed E-state index contributed by atoms with van der Waals surface area (Å²) in [7, 11) is 0. The van der Waals surface area contributed by atoms with E-state index in [1.807, 2.05) is 6.20 Å². The number of pyridine rings is 1. The fourth-order valence-electron chi connectivity index (χ4n) is 3.08. The molecule has 0 N–H and O–H groups in total. The molecule has 2 aromatic heterocycles. The van der Waals surface area contributed by atoms with Gasteiger partial charge in [-0.2, -0.15) is 0 Å². The maximum absolute atomic E-state index is 4.76. The van der Waals surface area contributed by atoms with E-state index in [0.29, 0.717) is 6.04 Å². The lowest BCUT2D eigenvalue weighted by molar-refractivity contribution is 0.203. The van der Waals surface area contributed by atoms with Crippen molar-refractivity contribution < 1.29 is 0 Å². The molecule has 108 valence electrons. The van der Waals surface area contributed by atoms with Crippen molar-refractivity contribution in [3.05, 3.63) is 22.6 Å². The summed E-state index contributed by atoms with van der Waals surface area (Å²) in [6, 6.07) is 2.72. The van der Waals surface area contributed by atoms with Gasteiger partial charge in [0.05, 0.1) is 0 Å². The van der Waals surface area contributed by atoms with Gasteiger partial charge < -0.3 is 4.57 Å². The third-order valence-electron chi connectivity index (χ3n) is 4.19. The minimum absolute atomic E-state index is 0.665. The van der Waals surface area contributed by atoms with E-state index in [2.05, 4.69) is 50.3 Å². The Kier molecular flexibility index (Phi) is 4.08. The van der Waals surface area contributed by atoms with Crippen LogP contribution in [0.15, 0.2) is 16.7 Å². The normalized spacial score (nSPS) is 17.9. The summed E-state index contributed by atoms with van der Waals surface area (Å²) < 4.78 is 3.29. The number of hydrogen-bond donors (Lipinski definition) is 0. The molecule has 0 spiro atoms. The molecule has 0 aromatic carbocycles. The number of nitrogens with zero attached hydrogens (tertiary/aromatic N) is 4. The van der Waals surface area contributed by atoms with Crippen molar-refractivity contribution in [3.8, 4) is 0 Å². The summed E-state index contributed by atoms with van der Waals surface area (Å²) in [5.74, 6) is 1.18. The SMILES string of the molecule is CCCC(C)N1CCc2nc3cc(Br)cnc3n2CC1. The second kappa shape index (κ2) is 5.82. The monoisotopic (exact) mass is 336 g/mol. The number of rotatable bonds is 3. The second-order valence-corrected chi connectivity index (χ2v) is 6.52. The van der Waals surface area contributed by atoms with Crippen molar-refractivity contribution >= 4 is 27.1 Å². The zero-order valence-corrected chi connectivity index (χ0v) is 13.7. The van der Waals surface area contributed by atoms with Crippen molar-refractivity contribution in [1.82, 2.24) is 19.4 Å². The Morgan fingerprint density at radius 3 is 3.00 bits per heavy atom. The molecule has 0 saturated carbocycles. The van der Waals surface area contributed by atoms with Crippen LogP contribution in [0.2, 0.25) is 0 Å². The van der Waals surface area contributed by atoms with Crippen LogP contribution in [-0.2, 0) is 13.0 Å². The quantitative estimate of drug-likeness (QED) is 0.862. The first kappa shape index (κ1) is 14.0. The first-order chi connectivity index (χ1) is 9.69. The van der Waals surface area contributed by atoms with Gasteiger partial charge >= 0.3 is 0 Å². The van der Waals surface area contributed by atoms with Gasteiger partial charge in [-0.15, -0.1) is 0 Å². The summed E-state index contributed by atoms with van der Waals surface area (Å²) in [5.41, 5.74) is 2.03. The van der Waals surface area contributed by atoms with E-state index in [-0.39, 0.29) is 0 Å². The van der Waals surface area contributed by atoms with Crippen molar-refractivity contribution in [2.75, 3.05) is 13.1 Å². The molecule has 0 amide bonds. The molecule has 1 aliphatic rings. The van der Waals surface area contributed by atoms with Crippen LogP contribution >= 0.6 is 15.9 Å². The van der Waals surface area contributed by atoms with Gasteiger partial charge in [-0.05, 0) is 35.3 Å². The molecule has 3 rings (SSSR count). The van der Waals surface area contributed by atoms with Crippen LogP contribution in [0.3, 0.4) is 0 Å². The molecule has 5 heteroatoms. The fraction of sp³-hybridized carbons (Fsp3) is 0.600. The molecule has 2 aromatic rings. The van der Waals surface area contributed by atoms with Crippen LogP contribution < -0.4 is 0 Å². The molecule has 0 saturated heterocycles. The van der Waals surface area contributed by atoms with E-state index < -0.39 is 0 Å². The molecular formula is C15H21BrN4. The molecule has 4 nitrogen and oxygen atoms in total. The van der Waals surface area contributed by atoms with Gasteiger partial charge in [0.25, 0.3) is 0 Å². The Morgan fingerprint density at radius 1 is 1.35 bits per heavy atom. The Hall–Kier alpha value is -0.940. The maximum atomic E-state index is 4.76. The van der Waals surface area contributed by atoms with Crippen LogP contribution in [0, 0.1) is 0 Å². The number of halogens is 1. The molecular weight excluding hydrogens is 316 g/mol. The van der Waals surface area contributed by atoms with Crippen molar-refractivity contribution in [2.24, 2.45) is 0 Å². The van der Waals surface area contributed by atoms with Crippen molar-refractivity contribution in [3.63, 3.8) is 0 Å². The number of fused-ring (bicyclic) bond motifs is 3. The average Bonchev–Trinajstić information content (AvgIpc) is 2.62. The number of aromatic nitrogens is 3. The smallest absolute Gasteiger partial charge is 0.160 e. The van der Waals surface area contributed by atoms with Gasteiger partial charge in [-0.3, -0.25) is 4.90 Å². The molecule has 0 bridgehead atoms. The van der Waals surface area contributed by atoms with E-state index in [4.69, 9.17) is 4.98 Å². The summed E-state index contributed by atoms with van der Waals surface area (Å²) in [6.45, 7) is 7.79. The number of hydrogen-bond acceptors (Lipinski definition) is 3. The first-order valence-corrected chi connectivity index (χ1v) is 8.23. The van der Waals surface area contributed by atoms with Crippen LogP contribution in [-0.4, -0.2) is 38.6 Å². The molecule has 0 radical (unpaired) electrons. The van der Waals surface area contributed by atoms with E-state index in [1.165, 1.54) is 18.7 Å². The van der Waals surface area contributed by atoms with Crippen molar-refractivity contribution in [1.29, 1.82) is 0 Å². The summed E-state index contributed by atoms with van der Waals surface area (Å²) in [5, 5.41) is 0. The Balaban J connectivity index is 1.85. The highest BCUT2D eigenvalue weighted by Gasteiger charge is 2.21. The largest absolute Gasteiger partial charge is 0.311 e. The first-order valence-electron chi connectivity index (χ1n) is 7.43. The molecule has 1 aliphatic heterocycles. The van der Waals surface area contributed by atoms with E-state index in [9.17, 15) is 0 Å². The van der Waals surface area contributed by atoms with Gasteiger partial charge in [0.15, 0.2) is 5.65 Å². The second-order valence-electron chi connectivity index (χ2n) is 5.60. The lowest BCUT2D eigenvalue weighted by Crippen LogP contribution is -2.35. The van der Waals surface area contributed by atoms with Gasteiger partial charge in [-0.25, -0.2) is 9.97 Å². The van der Waals surface area contributed by atoms with Crippen LogP contribution in [0.1, 0.15) is 32.5 Å². The molecule has 0 aliphatic carbocycles. The molecule has 1 atom stereocenters. The van der Waals surface area contributed by atoms with Crippen LogP contribution in [0.5, 0.6) is 0 Å². The van der Waals surface area contributed by atoms with Gasteiger partial charge in [0, 0.05) is 42.8 Å². The van der Waals surface area contributed by atoms with E-state index >= 15 is 0 Å². The van der Waals surface area contributed by atoms with Gasteiger partial charge in [-0.1, -0.05) is 13.3 Å². The van der Waals surface area contributed by atoms with Gasteiger partial charge in [0.1, 0.15) is 11.3 Å². The predicted octanol–water partition coefficient (Wildman–Crippen LogP) is 3.24. The highest BCUT2D eigenvalue weighted by molar-refractivity contribution is 9.10. The third kappa shape index (κ3) is 2.61.